The number of nitrogens with zero attached hydrogens (tertiary/aromatic N) is 1. The fraction of sp³-hybridized carbons (Fsp3) is 0.207. The third kappa shape index (κ3) is 6.59. The SMILES string of the molecule is CCOc1cc(/C=C2\SC(=O)N(CC(=O)Nc3ccccc3C)C2=O)ccc1OCc1cccc(C)c1. The van der Waals surface area contributed by atoms with Crippen molar-refractivity contribution in [1.29, 1.82) is 0 Å². The van der Waals surface area contributed by atoms with Crippen LogP contribution in [-0.2, 0) is 16.2 Å². The van der Waals surface area contributed by atoms with Gasteiger partial charge in [-0.1, -0.05) is 54.1 Å². The zero-order valence-electron chi connectivity index (χ0n) is 20.9. The molecule has 37 heavy (non-hydrogen) atoms. The lowest BCUT2D eigenvalue weighted by Gasteiger charge is -2.14. The Morgan fingerprint density at radius 2 is 1.78 bits per heavy atom. The summed E-state index contributed by atoms with van der Waals surface area (Å²) in [6.45, 7) is 6.26. The predicted octanol–water partition coefficient (Wildman–Crippen LogP) is 5.96. The average Bonchev–Trinajstić information content (AvgIpc) is 3.12. The number of amides is 3. The van der Waals surface area contributed by atoms with Crippen molar-refractivity contribution >= 4 is 40.6 Å². The second-order valence-corrected chi connectivity index (χ2v) is 9.54. The van der Waals surface area contributed by atoms with Gasteiger partial charge in [-0.05, 0) is 73.5 Å². The Morgan fingerprint density at radius 3 is 2.54 bits per heavy atom. The molecule has 0 aliphatic carbocycles. The number of benzene rings is 3. The third-order valence-electron chi connectivity index (χ3n) is 5.64. The summed E-state index contributed by atoms with van der Waals surface area (Å²) < 4.78 is 11.8. The number of carbonyl (C=O) groups is 3. The minimum absolute atomic E-state index is 0.240. The molecular weight excluding hydrogens is 488 g/mol. The highest BCUT2D eigenvalue weighted by Gasteiger charge is 2.36. The summed E-state index contributed by atoms with van der Waals surface area (Å²) >= 11 is 0.807. The first-order chi connectivity index (χ1) is 17.8. The van der Waals surface area contributed by atoms with E-state index in [1.807, 2.05) is 51.1 Å². The summed E-state index contributed by atoms with van der Waals surface area (Å²) in [5, 5.41) is 2.27. The molecule has 4 rings (SSSR count). The van der Waals surface area contributed by atoms with Crippen molar-refractivity contribution < 1.29 is 23.9 Å². The van der Waals surface area contributed by atoms with E-state index in [0.717, 1.165) is 33.4 Å². The summed E-state index contributed by atoms with van der Waals surface area (Å²) in [6.07, 6.45) is 1.62. The molecule has 0 spiro atoms. The fourth-order valence-electron chi connectivity index (χ4n) is 3.80. The van der Waals surface area contributed by atoms with Crippen LogP contribution in [0.15, 0.2) is 71.6 Å². The van der Waals surface area contributed by atoms with E-state index < -0.39 is 17.1 Å². The highest BCUT2D eigenvalue weighted by molar-refractivity contribution is 8.18. The van der Waals surface area contributed by atoms with E-state index in [0.29, 0.717) is 36.0 Å². The summed E-state index contributed by atoms with van der Waals surface area (Å²) in [7, 11) is 0. The number of ether oxygens (including phenoxy) is 2. The second kappa shape index (κ2) is 11.8. The maximum absolute atomic E-state index is 12.9. The molecule has 7 nitrogen and oxygen atoms in total. The maximum atomic E-state index is 12.9. The van der Waals surface area contributed by atoms with Gasteiger partial charge in [-0.25, -0.2) is 0 Å². The number of carbonyl (C=O) groups excluding carboxylic acids is 3. The molecule has 3 aromatic carbocycles. The highest BCUT2D eigenvalue weighted by atomic mass is 32.2. The second-order valence-electron chi connectivity index (χ2n) is 8.55. The van der Waals surface area contributed by atoms with Crippen LogP contribution in [0, 0.1) is 13.8 Å². The number of aryl methyl sites for hydroxylation is 2. The predicted molar refractivity (Wildman–Crippen MR) is 146 cm³/mol. The lowest BCUT2D eigenvalue weighted by atomic mass is 10.1. The Bertz CT molecular complexity index is 1370. The molecule has 3 amide bonds. The van der Waals surface area contributed by atoms with Gasteiger partial charge in [-0.15, -0.1) is 0 Å². The normalized spacial score (nSPS) is 14.2. The van der Waals surface area contributed by atoms with Gasteiger partial charge in [0.1, 0.15) is 13.2 Å². The molecule has 0 unspecified atom stereocenters. The van der Waals surface area contributed by atoms with Gasteiger partial charge in [0.2, 0.25) is 5.91 Å². The van der Waals surface area contributed by atoms with Gasteiger partial charge >= 0.3 is 0 Å². The van der Waals surface area contributed by atoms with Crippen LogP contribution in [0.5, 0.6) is 11.5 Å². The first kappa shape index (κ1) is 26.0. The molecule has 0 bridgehead atoms. The first-order valence-corrected chi connectivity index (χ1v) is 12.7. The largest absolute Gasteiger partial charge is 0.490 e. The van der Waals surface area contributed by atoms with Crippen LogP contribution in [0.4, 0.5) is 10.5 Å². The van der Waals surface area contributed by atoms with E-state index in [1.54, 1.807) is 36.4 Å². The Balaban J connectivity index is 1.45. The zero-order valence-corrected chi connectivity index (χ0v) is 21.8. The topological polar surface area (TPSA) is 84.9 Å². The molecule has 0 saturated carbocycles. The number of rotatable bonds is 9. The van der Waals surface area contributed by atoms with E-state index in [-0.39, 0.29) is 11.4 Å². The van der Waals surface area contributed by atoms with Gasteiger partial charge in [0.15, 0.2) is 11.5 Å². The van der Waals surface area contributed by atoms with Gasteiger partial charge in [-0.2, -0.15) is 0 Å². The van der Waals surface area contributed by atoms with E-state index in [2.05, 4.69) is 11.4 Å². The van der Waals surface area contributed by atoms with Gasteiger partial charge in [0, 0.05) is 5.69 Å². The van der Waals surface area contributed by atoms with Crippen molar-refractivity contribution in [2.75, 3.05) is 18.5 Å². The van der Waals surface area contributed by atoms with Crippen molar-refractivity contribution in [1.82, 2.24) is 4.90 Å². The van der Waals surface area contributed by atoms with Crippen LogP contribution in [-0.4, -0.2) is 35.1 Å². The van der Waals surface area contributed by atoms with Crippen molar-refractivity contribution in [2.45, 2.75) is 27.4 Å². The number of para-hydroxylation sites is 1. The molecule has 0 radical (unpaired) electrons. The summed E-state index contributed by atoms with van der Waals surface area (Å²) in [5.41, 5.74) is 4.42. The Kier molecular flexibility index (Phi) is 8.30. The maximum Gasteiger partial charge on any atom is 0.294 e. The van der Waals surface area contributed by atoms with Crippen LogP contribution >= 0.6 is 11.8 Å². The number of anilines is 1. The van der Waals surface area contributed by atoms with E-state index >= 15 is 0 Å². The van der Waals surface area contributed by atoms with Crippen LogP contribution < -0.4 is 14.8 Å². The van der Waals surface area contributed by atoms with Crippen LogP contribution in [0.2, 0.25) is 0 Å². The third-order valence-corrected chi connectivity index (χ3v) is 6.54. The lowest BCUT2D eigenvalue weighted by molar-refractivity contribution is -0.127. The molecule has 1 saturated heterocycles. The zero-order chi connectivity index (χ0) is 26.4. The minimum atomic E-state index is -0.507. The molecular formula is C29H28N2O5S. The Morgan fingerprint density at radius 1 is 0.973 bits per heavy atom. The van der Waals surface area contributed by atoms with Gasteiger partial charge < -0.3 is 14.8 Å². The van der Waals surface area contributed by atoms with Gasteiger partial charge in [0.25, 0.3) is 11.1 Å². The summed E-state index contributed by atoms with van der Waals surface area (Å²) in [4.78, 5) is 39.1. The Labute approximate surface area is 220 Å². The molecule has 0 atom stereocenters. The Hall–Kier alpha value is -4.04. The fourth-order valence-corrected chi connectivity index (χ4v) is 4.64. The molecule has 1 heterocycles. The van der Waals surface area contributed by atoms with Crippen molar-refractivity contribution in [2.24, 2.45) is 0 Å². The van der Waals surface area contributed by atoms with Gasteiger partial charge in [0.05, 0.1) is 11.5 Å². The summed E-state index contributed by atoms with van der Waals surface area (Å²) in [6, 6.07) is 20.7. The van der Waals surface area contributed by atoms with Crippen LogP contribution in [0.25, 0.3) is 6.08 Å². The standard InChI is InChI=1S/C29H28N2O5S/c1-4-35-25-15-21(12-13-24(25)36-18-22-10-7-8-19(2)14-22)16-26-28(33)31(29(34)37-26)17-27(32)30-23-11-6-5-9-20(23)3/h5-16H,4,17-18H2,1-3H3,(H,30,32)/b26-16-. The smallest absolute Gasteiger partial charge is 0.294 e. The van der Waals surface area contributed by atoms with Crippen molar-refractivity contribution in [3.8, 4) is 11.5 Å². The number of nitrogens with one attached hydrogen (secondary N) is 1. The van der Waals surface area contributed by atoms with Crippen LogP contribution in [0.1, 0.15) is 29.2 Å². The van der Waals surface area contributed by atoms with E-state index in [9.17, 15) is 14.4 Å². The monoisotopic (exact) mass is 516 g/mol. The first-order valence-electron chi connectivity index (χ1n) is 11.9. The quantitative estimate of drug-likeness (QED) is 0.354. The van der Waals surface area contributed by atoms with Crippen LogP contribution in [0.3, 0.4) is 0 Å². The molecule has 0 aromatic heterocycles. The van der Waals surface area contributed by atoms with E-state index in [1.165, 1.54) is 0 Å². The summed E-state index contributed by atoms with van der Waals surface area (Å²) in [5.74, 6) is 0.182. The molecule has 1 fully saturated rings. The van der Waals surface area contributed by atoms with E-state index in [4.69, 9.17) is 9.47 Å². The molecule has 190 valence electrons. The number of hydrogen-bond donors (Lipinski definition) is 1. The molecule has 1 N–H and O–H groups in total. The van der Waals surface area contributed by atoms with Gasteiger partial charge in [-0.3, -0.25) is 19.3 Å². The lowest BCUT2D eigenvalue weighted by Crippen LogP contribution is -2.36. The molecule has 8 heteroatoms. The minimum Gasteiger partial charge on any atom is -0.490 e. The molecule has 1 aliphatic rings. The van der Waals surface area contributed by atoms with Crippen molar-refractivity contribution in [3.05, 3.63) is 93.9 Å². The number of hydrogen-bond acceptors (Lipinski definition) is 6. The molecule has 1 aliphatic heterocycles. The average molecular weight is 517 g/mol. The number of imide groups is 1. The molecule has 3 aromatic rings. The highest BCUT2D eigenvalue weighted by Crippen LogP contribution is 2.35. The number of thioether (sulfide) groups is 1. The van der Waals surface area contributed by atoms with Crippen molar-refractivity contribution in [3.63, 3.8) is 0 Å².